The molecule has 0 saturated carbocycles. The summed E-state index contributed by atoms with van der Waals surface area (Å²) in [5, 5.41) is 7.11. The Morgan fingerprint density at radius 1 is 0.733 bits per heavy atom. The number of nitrogens with zero attached hydrogens (tertiary/aromatic N) is 2. The Balaban J connectivity index is 0.00000322. The van der Waals surface area contributed by atoms with Gasteiger partial charge in [0.2, 0.25) is 5.69 Å². The van der Waals surface area contributed by atoms with Gasteiger partial charge < -0.3 is 23.3 Å². The van der Waals surface area contributed by atoms with Gasteiger partial charge in [0, 0.05) is 90.5 Å². The smallest absolute Gasteiger partial charge is 0.757 e. The van der Waals surface area contributed by atoms with Crippen LogP contribution < -0.4 is 79.2 Å². The first kappa shape index (κ1) is 72.9. The van der Waals surface area contributed by atoms with Gasteiger partial charge in [-0.05, 0) is 174 Å². The molecule has 0 bridgehead atoms. The van der Waals surface area contributed by atoms with Crippen molar-refractivity contribution in [3.63, 3.8) is 0 Å². The zero-order valence-corrected chi connectivity index (χ0v) is 57.8. The van der Waals surface area contributed by atoms with E-state index in [1.807, 2.05) is 72.8 Å². The first-order chi connectivity index (χ1) is 41.1. The summed E-state index contributed by atoms with van der Waals surface area (Å²) in [6.45, 7) is 17.7. The number of unbranched alkanes of at least 4 members (excludes halogenated alkanes) is 1. The van der Waals surface area contributed by atoms with Crippen molar-refractivity contribution >= 4 is 81.6 Å². The van der Waals surface area contributed by atoms with Crippen LogP contribution in [0.25, 0.3) is 33.2 Å². The number of benzene rings is 7. The minimum atomic E-state index is -4.53. The molecule has 7 aromatic rings. The molecule has 0 amide bonds. The number of ether oxygens (including phenoxy) is 1. The van der Waals surface area contributed by atoms with E-state index in [9.17, 15) is 26.3 Å². The Morgan fingerprint density at radius 2 is 1.39 bits per heavy atom. The second-order valence-corrected chi connectivity index (χ2v) is 26.3. The van der Waals surface area contributed by atoms with Gasteiger partial charge in [0.05, 0.1) is 21.6 Å². The van der Waals surface area contributed by atoms with Crippen LogP contribution in [0.15, 0.2) is 193 Å². The van der Waals surface area contributed by atoms with Crippen LogP contribution in [0.5, 0.6) is 11.5 Å². The molecule has 10 rings (SSSR count). The third-order valence-electron chi connectivity index (χ3n) is 16.8. The van der Waals surface area contributed by atoms with Gasteiger partial charge in [-0.1, -0.05) is 146 Å². The number of allylic oxidation sites excluding steroid dienone is 7. The molecule has 7 aromatic carbocycles. The molecule has 0 spiro atoms. The van der Waals surface area contributed by atoms with Crippen molar-refractivity contribution in [1.29, 1.82) is 0 Å². The number of Topliss-reactive ketones (excluding diaryl/α,β-unsaturated/α-hetero) is 1. The number of hydrogen-bond donors (Lipinski definition) is 1. The van der Waals surface area contributed by atoms with Gasteiger partial charge in [-0.25, -0.2) is 8.42 Å². The van der Waals surface area contributed by atoms with Crippen molar-refractivity contribution in [3.8, 4) is 11.5 Å². The Hall–Kier alpha value is -6.15. The Bertz CT molecular complexity index is 4560. The molecule has 3 heterocycles. The van der Waals surface area contributed by atoms with Crippen LogP contribution in [0.3, 0.4) is 0 Å². The Labute approximate surface area is 578 Å². The van der Waals surface area contributed by atoms with Crippen LogP contribution in [0, 0.1) is 13.8 Å². The first-order valence-electron chi connectivity index (χ1n) is 29.5. The van der Waals surface area contributed by atoms with Crippen LogP contribution in [0.2, 0.25) is 0 Å². The van der Waals surface area contributed by atoms with Gasteiger partial charge in [-0.2, -0.15) is 4.58 Å². The number of anilines is 1. The summed E-state index contributed by atoms with van der Waals surface area (Å²) in [7, 11) is -8.85. The summed E-state index contributed by atoms with van der Waals surface area (Å²) in [4.78, 5) is 17.7. The van der Waals surface area contributed by atoms with Gasteiger partial charge in [0.1, 0.15) is 18.0 Å². The average Bonchev–Trinajstić information content (AvgIpc) is 1.56. The topological polar surface area (TPSA) is 150 Å². The van der Waals surface area contributed by atoms with Gasteiger partial charge >= 0.3 is 59.1 Å². The van der Waals surface area contributed by atoms with Crippen molar-refractivity contribution in [2.45, 2.75) is 126 Å². The molecule has 2 atom stereocenters. The first-order valence-corrected chi connectivity index (χ1v) is 32.6. The molecular weight excluding hydrogens is 1180 g/mol. The van der Waals surface area contributed by atoms with Gasteiger partial charge in [0.25, 0.3) is 0 Å². The summed E-state index contributed by atoms with van der Waals surface area (Å²) in [5.41, 5.74) is 18.1. The van der Waals surface area contributed by atoms with Crippen molar-refractivity contribution < 1.29 is 99.5 Å². The molecule has 10 nitrogen and oxygen atoms in total. The van der Waals surface area contributed by atoms with E-state index in [4.69, 9.17) is 4.74 Å². The summed E-state index contributed by atoms with van der Waals surface area (Å²) in [5.74, 6) is 0.888. The molecule has 0 aromatic heterocycles. The SMILES string of the molecule is C.C.CC/C=c1/cc2c(cc1C)=C(c1ccccc1C(=O)CC(/C=C/C=S(=O)([O-])O)N1/C(=C\C=C=CC=C=C/C=C/C3=[N+](CCCCS(=O)(=O)[O-])c4ccc5ccccc5c4C3(C)C)C(C)(C)c3c1ccc1ccccc31)c1cc(C)c(CCC)cc1O2.[Na+].[Na+]. The third kappa shape index (κ3) is 15.5. The number of hydrogen-bond acceptors (Lipinski definition) is 8. The second-order valence-electron chi connectivity index (χ2n) is 23.5. The Kier molecular flexibility index (Phi) is 24.7. The largest absolute Gasteiger partial charge is 1.00 e. The van der Waals surface area contributed by atoms with E-state index in [1.165, 1.54) is 17.2 Å². The van der Waals surface area contributed by atoms with E-state index in [0.29, 0.717) is 18.5 Å². The summed E-state index contributed by atoms with van der Waals surface area (Å²) >= 11 is 0. The van der Waals surface area contributed by atoms with E-state index in [2.05, 4.69) is 161 Å². The zero-order valence-electron chi connectivity index (χ0n) is 52.1. The summed E-state index contributed by atoms with van der Waals surface area (Å²) in [6, 6.07) is 40.4. The predicted molar refractivity (Wildman–Crippen MR) is 364 cm³/mol. The van der Waals surface area contributed by atoms with Crippen LogP contribution in [-0.4, -0.2) is 66.1 Å². The molecule has 0 radical (unpaired) electrons. The van der Waals surface area contributed by atoms with Gasteiger partial charge in [-0.15, -0.1) is 11.5 Å². The molecule has 0 saturated heterocycles. The molecule has 0 fully saturated rings. The molecule has 0 aliphatic carbocycles. The molecule has 14 heteroatoms. The normalized spacial score (nSPS) is 15.8. The van der Waals surface area contributed by atoms with Crippen molar-refractivity contribution in [2.24, 2.45) is 0 Å². The molecular formula is C76H81N2Na2O8S2+. The number of aryl methyl sites for hydroxylation is 3. The monoisotopic (exact) mass is 1260 g/mol. The molecule has 3 aliphatic rings. The zero-order chi connectivity index (χ0) is 61.1. The maximum atomic E-state index is 15.6. The summed E-state index contributed by atoms with van der Waals surface area (Å²) in [6.07, 6.45) is 21.8. The average molecular weight is 1260 g/mol. The third-order valence-corrected chi connectivity index (χ3v) is 18.1. The van der Waals surface area contributed by atoms with Crippen LogP contribution >= 0.6 is 0 Å². The molecule has 2 unspecified atom stereocenters. The van der Waals surface area contributed by atoms with E-state index in [0.717, 1.165) is 124 Å². The molecule has 456 valence electrons. The quantitative estimate of drug-likeness (QED) is 0.00962. The fourth-order valence-corrected chi connectivity index (χ4v) is 13.8. The fourth-order valence-electron chi connectivity index (χ4n) is 13.0. The van der Waals surface area contributed by atoms with Gasteiger partial charge in [0.15, 0.2) is 11.5 Å². The maximum Gasteiger partial charge on any atom is 1.00 e. The standard InChI is InChI=1S/C74H74N2O8S2.2CH4.2Na/c1-9-27-54-47-66-61(45-50(54)3)70(62-46-51(4)55(28-10-2)48-67(62)84-66)60-35-23-22-34-59(60)65(77)49-56(31-26-44-86(81,82)83)76-64-41-39-53-30-19-21-33-58(53)72(64)74(7,8)69(76)37-17-15-13-11-12-14-16-36-68-73(5,6)71-57-32-20-18-29-52(57)38-40-63(71)75(68)42-24-25-43-85(78,79)80;;;;/h11,13-14,16-23,26-27,29-41,44-48,56H,9-10,24-25,28,42-43,49H2,1-8H3,(H2-,78,79,80,81,82,83);2*1H4;;/q;;;2*+1/p-1/b31-26+,36-16+,54-27-,69-37-;;;;. The number of carbonyl (C=O) groups is 1. The van der Waals surface area contributed by atoms with Crippen LogP contribution in [-0.2, 0) is 37.5 Å². The fraction of sp³-hybridized carbons (Fsp3) is 0.276. The summed E-state index contributed by atoms with van der Waals surface area (Å²) < 4.78 is 77.9. The number of fused-ring (bicyclic) bond motifs is 8. The van der Waals surface area contributed by atoms with Crippen molar-refractivity contribution in [2.75, 3.05) is 17.2 Å². The minimum absolute atomic E-state index is 0. The van der Waals surface area contributed by atoms with E-state index >= 15 is 4.79 Å². The minimum Gasteiger partial charge on any atom is -0.757 e. The second kappa shape index (κ2) is 30.5. The number of carbonyl (C=O) groups excluding carboxylic acids is 1. The van der Waals surface area contributed by atoms with E-state index < -0.39 is 37.4 Å². The predicted octanol–water partition coefficient (Wildman–Crippen LogP) is 9.64. The van der Waals surface area contributed by atoms with Crippen LogP contribution in [0.4, 0.5) is 11.4 Å². The molecule has 90 heavy (non-hydrogen) atoms. The Morgan fingerprint density at radius 3 is 2.07 bits per heavy atom. The number of rotatable bonds is 19. The van der Waals surface area contributed by atoms with Gasteiger partial charge in [-0.3, -0.25) is 9.00 Å². The van der Waals surface area contributed by atoms with Crippen LogP contribution in [0.1, 0.15) is 138 Å². The molecule has 1 N–H and O–H groups in total. The van der Waals surface area contributed by atoms with Crippen molar-refractivity contribution in [1.82, 2.24) is 0 Å². The number of ketones is 1. The molecule has 3 aliphatic heterocycles. The van der Waals surface area contributed by atoms with Crippen molar-refractivity contribution in [3.05, 3.63) is 248 Å². The maximum absolute atomic E-state index is 15.6. The van der Waals surface area contributed by atoms with E-state index in [-0.39, 0.29) is 98.0 Å². The van der Waals surface area contributed by atoms with E-state index in [1.54, 1.807) is 18.2 Å².